The number of aryl methyl sites for hydroxylation is 1. The van der Waals surface area contributed by atoms with E-state index in [4.69, 9.17) is 0 Å². The highest BCUT2D eigenvalue weighted by molar-refractivity contribution is 5.17. The normalized spacial score (nSPS) is 9.42. The minimum atomic E-state index is -0.537. The summed E-state index contributed by atoms with van der Waals surface area (Å²) in [6.07, 6.45) is 5.69. The summed E-state index contributed by atoms with van der Waals surface area (Å²) in [6.45, 7) is 2.18. The highest BCUT2D eigenvalue weighted by Crippen LogP contribution is 2.11. The Balaban J connectivity index is 0.000000409. The van der Waals surface area contributed by atoms with E-state index in [1.54, 1.807) is 20.3 Å². The highest BCUT2D eigenvalue weighted by atomic mass is 19.1. The van der Waals surface area contributed by atoms with Gasteiger partial charge in [0.05, 0.1) is 0 Å². The van der Waals surface area contributed by atoms with Crippen LogP contribution in [-0.4, -0.2) is 14.2 Å². The zero-order valence-corrected chi connectivity index (χ0v) is 14.7. The van der Waals surface area contributed by atoms with Gasteiger partial charge in [0.25, 0.3) is 0 Å². The van der Waals surface area contributed by atoms with E-state index in [-0.39, 0.29) is 5.82 Å². The molecule has 0 aliphatic heterocycles. The molecule has 0 N–H and O–H groups in total. The van der Waals surface area contributed by atoms with Crippen LogP contribution >= 0.6 is 0 Å². The van der Waals surface area contributed by atoms with Crippen LogP contribution in [0.2, 0.25) is 0 Å². The molecule has 1 nitrogen and oxygen atoms in total. The van der Waals surface area contributed by atoms with E-state index in [9.17, 15) is 13.2 Å². The Hall–Kier alpha value is -1.81. The van der Waals surface area contributed by atoms with E-state index in [1.165, 1.54) is 43.5 Å². The van der Waals surface area contributed by atoms with Crippen LogP contribution in [0.4, 0.5) is 13.2 Å². The molecule has 24 heavy (non-hydrogen) atoms. The third kappa shape index (κ3) is 11.7. The Labute approximate surface area is 143 Å². The fourth-order valence-electron chi connectivity index (χ4n) is 1.90. The number of halogens is 3. The Bertz CT molecular complexity index is 527. The Morgan fingerprint density at radius 2 is 1.38 bits per heavy atom. The topological polar surface area (TPSA) is 9.23 Å². The maximum absolute atomic E-state index is 13.1. The summed E-state index contributed by atoms with van der Waals surface area (Å²) in [5, 5.41) is 0. The molecule has 2 aromatic rings. The van der Waals surface area contributed by atoms with Crippen molar-refractivity contribution in [3.05, 3.63) is 71.5 Å². The summed E-state index contributed by atoms with van der Waals surface area (Å²) in [5.74, 6) is -1.13. The van der Waals surface area contributed by atoms with Crippen LogP contribution in [0.25, 0.3) is 0 Å². The molecule has 0 bridgehead atoms. The molecule has 134 valence electrons. The summed E-state index contributed by atoms with van der Waals surface area (Å²) >= 11 is 0. The first-order chi connectivity index (χ1) is 11.5. The molecule has 0 aromatic heterocycles. The summed E-state index contributed by atoms with van der Waals surface area (Å²) in [5.41, 5.74) is 0.860. The second-order valence-electron chi connectivity index (χ2n) is 5.25. The molecule has 0 aliphatic carbocycles. The van der Waals surface area contributed by atoms with E-state index >= 15 is 0 Å². The number of unbranched alkanes of at least 4 members (excludes halogenated alkanes) is 3. The van der Waals surface area contributed by atoms with E-state index < -0.39 is 11.6 Å². The lowest BCUT2D eigenvalue weighted by Gasteiger charge is -2.01. The van der Waals surface area contributed by atoms with Gasteiger partial charge < -0.3 is 4.74 Å². The largest absolute Gasteiger partial charge is 0.388 e. The van der Waals surface area contributed by atoms with Crippen LogP contribution in [0.1, 0.15) is 38.2 Å². The molecule has 2 rings (SSSR count). The smallest absolute Gasteiger partial charge is 0.126 e. The summed E-state index contributed by atoms with van der Waals surface area (Å²) in [7, 11) is 3.25. The second kappa shape index (κ2) is 14.8. The fraction of sp³-hybridized carbons (Fsp3) is 0.400. The predicted octanol–water partition coefficient (Wildman–Crippen LogP) is 6.18. The van der Waals surface area contributed by atoms with Crippen LogP contribution in [0.3, 0.4) is 0 Å². The lowest BCUT2D eigenvalue weighted by Crippen LogP contribution is -1.89. The Morgan fingerprint density at radius 1 is 0.792 bits per heavy atom. The monoisotopic (exact) mass is 340 g/mol. The van der Waals surface area contributed by atoms with Crippen molar-refractivity contribution in [2.45, 2.75) is 39.0 Å². The van der Waals surface area contributed by atoms with Crippen LogP contribution in [0.15, 0.2) is 48.5 Å². The number of hydrogen-bond acceptors (Lipinski definition) is 1. The summed E-state index contributed by atoms with van der Waals surface area (Å²) in [6, 6.07) is 11.6. The summed E-state index contributed by atoms with van der Waals surface area (Å²) in [4.78, 5) is 0. The predicted molar refractivity (Wildman–Crippen MR) is 93.5 cm³/mol. The zero-order chi connectivity index (χ0) is 18.2. The highest BCUT2D eigenvalue weighted by Gasteiger charge is 1.98. The van der Waals surface area contributed by atoms with Gasteiger partial charge in [-0.2, -0.15) is 0 Å². The van der Waals surface area contributed by atoms with E-state index in [2.05, 4.69) is 11.7 Å². The average Bonchev–Trinajstić information content (AvgIpc) is 2.54. The minimum Gasteiger partial charge on any atom is -0.388 e. The van der Waals surface area contributed by atoms with Gasteiger partial charge in [-0.05, 0) is 36.6 Å². The maximum atomic E-state index is 13.1. The van der Waals surface area contributed by atoms with Crippen molar-refractivity contribution in [2.75, 3.05) is 14.2 Å². The molecular formula is C20H27F3O. The first-order valence-corrected chi connectivity index (χ1v) is 8.09. The van der Waals surface area contributed by atoms with Crippen molar-refractivity contribution in [3.63, 3.8) is 0 Å². The van der Waals surface area contributed by atoms with Gasteiger partial charge in [0.15, 0.2) is 0 Å². The fourth-order valence-corrected chi connectivity index (χ4v) is 1.90. The van der Waals surface area contributed by atoms with Gasteiger partial charge in [0.1, 0.15) is 17.5 Å². The molecule has 0 heterocycles. The molecule has 0 aliphatic rings. The van der Waals surface area contributed by atoms with Gasteiger partial charge in [0.2, 0.25) is 0 Å². The number of hydrogen-bond donors (Lipinski definition) is 0. The molecule has 0 saturated heterocycles. The number of methoxy groups -OCH3 is 1. The molecule has 2 aromatic carbocycles. The third-order valence-corrected chi connectivity index (χ3v) is 3.04. The van der Waals surface area contributed by atoms with Gasteiger partial charge in [0, 0.05) is 20.3 Å². The van der Waals surface area contributed by atoms with E-state index in [0.29, 0.717) is 0 Å². The quantitative estimate of drug-likeness (QED) is 0.591. The van der Waals surface area contributed by atoms with Crippen molar-refractivity contribution in [1.29, 1.82) is 0 Å². The minimum absolute atomic E-state index is 0.0565. The standard InChI is InChI=1S/C12H17F.C6H4F2.C2H6O/c1-2-3-4-5-8-11-9-6-7-10-12(11)13;7-5-2-1-3-6(8)4-5;1-3-2/h6-7,9-10H,2-5,8H2,1H3;1-4H;1-2H3. The van der Waals surface area contributed by atoms with E-state index in [0.717, 1.165) is 24.5 Å². The molecule has 0 saturated carbocycles. The van der Waals surface area contributed by atoms with Gasteiger partial charge in [-0.25, -0.2) is 13.2 Å². The van der Waals surface area contributed by atoms with Gasteiger partial charge in [-0.3, -0.25) is 0 Å². The van der Waals surface area contributed by atoms with Gasteiger partial charge in [-0.15, -0.1) is 0 Å². The van der Waals surface area contributed by atoms with Gasteiger partial charge in [-0.1, -0.05) is 50.5 Å². The van der Waals surface area contributed by atoms with E-state index in [1.807, 2.05) is 12.1 Å². The molecule has 0 atom stereocenters. The summed E-state index contributed by atoms with van der Waals surface area (Å²) < 4.78 is 41.2. The van der Waals surface area contributed by atoms with Crippen molar-refractivity contribution in [2.24, 2.45) is 0 Å². The van der Waals surface area contributed by atoms with Crippen LogP contribution < -0.4 is 0 Å². The van der Waals surface area contributed by atoms with Crippen LogP contribution in [0.5, 0.6) is 0 Å². The molecule has 0 spiro atoms. The van der Waals surface area contributed by atoms with Gasteiger partial charge >= 0.3 is 0 Å². The number of ether oxygens (including phenoxy) is 1. The van der Waals surface area contributed by atoms with Crippen molar-refractivity contribution >= 4 is 0 Å². The molecule has 0 amide bonds. The lowest BCUT2D eigenvalue weighted by molar-refractivity contribution is 0.277. The molecule has 0 radical (unpaired) electrons. The number of rotatable bonds is 5. The lowest BCUT2D eigenvalue weighted by atomic mass is 10.1. The number of benzene rings is 2. The molecule has 0 fully saturated rings. The molecule has 4 heteroatoms. The van der Waals surface area contributed by atoms with Crippen molar-refractivity contribution in [3.8, 4) is 0 Å². The first-order valence-electron chi connectivity index (χ1n) is 8.09. The Morgan fingerprint density at radius 3 is 1.83 bits per heavy atom. The zero-order valence-electron chi connectivity index (χ0n) is 14.7. The van der Waals surface area contributed by atoms with Crippen LogP contribution in [-0.2, 0) is 11.2 Å². The molecule has 0 unspecified atom stereocenters. The third-order valence-electron chi connectivity index (χ3n) is 3.04. The second-order valence-corrected chi connectivity index (χ2v) is 5.25. The first kappa shape index (κ1) is 22.2. The van der Waals surface area contributed by atoms with Crippen molar-refractivity contribution < 1.29 is 17.9 Å². The average molecular weight is 340 g/mol. The maximum Gasteiger partial charge on any atom is 0.126 e. The van der Waals surface area contributed by atoms with Crippen molar-refractivity contribution in [1.82, 2.24) is 0 Å². The molecular weight excluding hydrogens is 313 g/mol. The Kier molecular flexibility index (Phi) is 13.6. The SMILES string of the molecule is CCCCCCc1ccccc1F.COC.Fc1cccc(F)c1. The van der Waals surface area contributed by atoms with Crippen LogP contribution in [0, 0.1) is 17.5 Å².